The van der Waals surface area contributed by atoms with E-state index in [1.165, 1.54) is 16.4 Å². The van der Waals surface area contributed by atoms with Crippen molar-refractivity contribution < 1.29 is 17.6 Å². The third-order valence-corrected chi connectivity index (χ3v) is 6.99. The van der Waals surface area contributed by atoms with Crippen LogP contribution in [-0.4, -0.2) is 36.7 Å². The Morgan fingerprint density at radius 2 is 1.90 bits per heavy atom. The number of nitrogens with zero attached hydrogens (tertiary/aromatic N) is 2. The number of halogens is 1. The first-order valence-electron chi connectivity index (χ1n) is 9.35. The SMILES string of the molecule is O=C(Nc1cccc2ncccc12)[C@@H]1CCCN(S(=O)(=O)c2ccc(F)cc2)C1. The molecule has 8 heteroatoms. The Labute approximate surface area is 168 Å². The van der Waals surface area contributed by atoms with Crippen molar-refractivity contribution in [2.45, 2.75) is 17.7 Å². The van der Waals surface area contributed by atoms with Crippen LogP contribution in [0.1, 0.15) is 12.8 Å². The van der Waals surface area contributed by atoms with Gasteiger partial charge in [-0.3, -0.25) is 9.78 Å². The molecule has 3 aromatic rings. The molecule has 1 fully saturated rings. The van der Waals surface area contributed by atoms with Gasteiger partial charge in [-0.15, -0.1) is 0 Å². The molecule has 1 N–H and O–H groups in total. The first-order chi connectivity index (χ1) is 13.9. The zero-order chi connectivity index (χ0) is 20.4. The highest BCUT2D eigenvalue weighted by Gasteiger charge is 2.33. The van der Waals surface area contributed by atoms with E-state index in [1.807, 2.05) is 18.2 Å². The van der Waals surface area contributed by atoms with Crippen molar-refractivity contribution in [2.75, 3.05) is 18.4 Å². The molecule has 0 unspecified atom stereocenters. The van der Waals surface area contributed by atoms with Gasteiger partial charge < -0.3 is 5.32 Å². The number of rotatable bonds is 4. The van der Waals surface area contributed by atoms with E-state index < -0.39 is 21.8 Å². The van der Waals surface area contributed by atoms with Gasteiger partial charge in [0.25, 0.3) is 0 Å². The zero-order valence-corrected chi connectivity index (χ0v) is 16.4. The Hall–Kier alpha value is -2.84. The predicted octanol–water partition coefficient (Wildman–Crippen LogP) is 3.41. The smallest absolute Gasteiger partial charge is 0.243 e. The molecule has 150 valence electrons. The molecule has 0 aliphatic carbocycles. The molecule has 0 saturated carbocycles. The molecular formula is C21H20FN3O3S. The Morgan fingerprint density at radius 1 is 1.10 bits per heavy atom. The molecule has 1 aliphatic heterocycles. The lowest BCUT2D eigenvalue weighted by molar-refractivity contribution is -0.120. The molecular weight excluding hydrogens is 393 g/mol. The van der Waals surface area contributed by atoms with Crippen LogP contribution in [0.25, 0.3) is 10.9 Å². The summed E-state index contributed by atoms with van der Waals surface area (Å²) in [7, 11) is -3.78. The number of pyridine rings is 1. The molecule has 1 aromatic heterocycles. The number of hydrogen-bond acceptors (Lipinski definition) is 4. The van der Waals surface area contributed by atoms with E-state index >= 15 is 0 Å². The minimum Gasteiger partial charge on any atom is -0.325 e. The number of amides is 1. The highest BCUT2D eigenvalue weighted by atomic mass is 32.2. The summed E-state index contributed by atoms with van der Waals surface area (Å²) in [5.41, 5.74) is 1.42. The monoisotopic (exact) mass is 413 g/mol. The molecule has 4 rings (SSSR count). The molecule has 1 atom stereocenters. The van der Waals surface area contributed by atoms with E-state index in [1.54, 1.807) is 18.3 Å². The van der Waals surface area contributed by atoms with Gasteiger partial charge in [0.15, 0.2) is 0 Å². The molecule has 1 aliphatic rings. The van der Waals surface area contributed by atoms with Crippen molar-refractivity contribution in [3.8, 4) is 0 Å². The largest absolute Gasteiger partial charge is 0.325 e. The molecule has 0 radical (unpaired) electrons. The second-order valence-electron chi connectivity index (χ2n) is 7.02. The first-order valence-corrected chi connectivity index (χ1v) is 10.8. The minimum atomic E-state index is -3.78. The number of sulfonamides is 1. The maximum Gasteiger partial charge on any atom is 0.243 e. The number of aromatic nitrogens is 1. The number of fused-ring (bicyclic) bond motifs is 1. The lowest BCUT2D eigenvalue weighted by Crippen LogP contribution is -2.43. The number of carbonyl (C=O) groups is 1. The molecule has 0 bridgehead atoms. The Bertz CT molecular complexity index is 1140. The van der Waals surface area contributed by atoms with Gasteiger partial charge in [-0.05, 0) is 61.4 Å². The van der Waals surface area contributed by atoms with Crippen LogP contribution in [0, 0.1) is 11.7 Å². The summed E-state index contributed by atoms with van der Waals surface area (Å²) in [5, 5.41) is 3.75. The lowest BCUT2D eigenvalue weighted by atomic mass is 9.98. The fourth-order valence-electron chi connectivity index (χ4n) is 3.58. The molecule has 1 saturated heterocycles. The second-order valence-corrected chi connectivity index (χ2v) is 8.96. The van der Waals surface area contributed by atoms with Crippen molar-refractivity contribution in [3.05, 3.63) is 66.6 Å². The maximum absolute atomic E-state index is 13.1. The Kier molecular flexibility index (Phi) is 5.29. The van der Waals surface area contributed by atoms with Gasteiger partial charge in [-0.25, -0.2) is 12.8 Å². The Balaban J connectivity index is 1.52. The lowest BCUT2D eigenvalue weighted by Gasteiger charge is -2.31. The van der Waals surface area contributed by atoms with Gasteiger partial charge in [0.1, 0.15) is 5.82 Å². The number of nitrogens with one attached hydrogen (secondary N) is 1. The average molecular weight is 413 g/mol. The predicted molar refractivity (Wildman–Crippen MR) is 108 cm³/mol. The van der Waals surface area contributed by atoms with E-state index in [2.05, 4.69) is 10.3 Å². The highest BCUT2D eigenvalue weighted by molar-refractivity contribution is 7.89. The van der Waals surface area contributed by atoms with Crippen LogP contribution in [-0.2, 0) is 14.8 Å². The van der Waals surface area contributed by atoms with E-state index in [-0.39, 0.29) is 17.3 Å². The van der Waals surface area contributed by atoms with Crippen molar-refractivity contribution in [1.82, 2.24) is 9.29 Å². The molecule has 29 heavy (non-hydrogen) atoms. The van der Waals surface area contributed by atoms with E-state index in [4.69, 9.17) is 0 Å². The second kappa shape index (κ2) is 7.88. The molecule has 0 spiro atoms. The van der Waals surface area contributed by atoms with Crippen LogP contribution in [0.2, 0.25) is 0 Å². The van der Waals surface area contributed by atoms with Crippen LogP contribution in [0.4, 0.5) is 10.1 Å². The summed E-state index contributed by atoms with van der Waals surface area (Å²) < 4.78 is 40.2. The topological polar surface area (TPSA) is 79.4 Å². The summed E-state index contributed by atoms with van der Waals surface area (Å²) >= 11 is 0. The van der Waals surface area contributed by atoms with Gasteiger partial charge in [0.2, 0.25) is 15.9 Å². The van der Waals surface area contributed by atoms with Crippen molar-refractivity contribution >= 4 is 32.5 Å². The van der Waals surface area contributed by atoms with Gasteiger partial charge in [-0.2, -0.15) is 4.31 Å². The molecule has 6 nitrogen and oxygen atoms in total. The fraction of sp³-hybridized carbons (Fsp3) is 0.238. The van der Waals surface area contributed by atoms with E-state index in [0.717, 1.165) is 23.0 Å². The van der Waals surface area contributed by atoms with Crippen molar-refractivity contribution in [3.63, 3.8) is 0 Å². The zero-order valence-electron chi connectivity index (χ0n) is 15.6. The van der Waals surface area contributed by atoms with Gasteiger partial charge in [0.05, 0.1) is 22.0 Å². The summed E-state index contributed by atoms with van der Waals surface area (Å²) in [6, 6.07) is 13.9. The third-order valence-electron chi connectivity index (χ3n) is 5.11. The summed E-state index contributed by atoms with van der Waals surface area (Å²) in [4.78, 5) is 17.2. The summed E-state index contributed by atoms with van der Waals surface area (Å²) in [6.07, 6.45) is 2.87. The van der Waals surface area contributed by atoms with Gasteiger partial charge in [-0.1, -0.05) is 6.07 Å². The van der Waals surface area contributed by atoms with Crippen molar-refractivity contribution in [2.24, 2.45) is 5.92 Å². The first kappa shape index (κ1) is 19.5. The number of anilines is 1. The highest BCUT2D eigenvalue weighted by Crippen LogP contribution is 2.27. The van der Waals surface area contributed by atoms with E-state index in [9.17, 15) is 17.6 Å². The molecule has 2 aromatic carbocycles. The number of benzene rings is 2. The van der Waals surface area contributed by atoms with Crippen LogP contribution >= 0.6 is 0 Å². The summed E-state index contributed by atoms with van der Waals surface area (Å²) in [6.45, 7) is 0.427. The normalized spacial score (nSPS) is 17.9. The van der Waals surface area contributed by atoms with E-state index in [0.29, 0.717) is 25.1 Å². The quantitative estimate of drug-likeness (QED) is 0.711. The van der Waals surface area contributed by atoms with Gasteiger partial charge >= 0.3 is 0 Å². The molecule has 2 heterocycles. The standard InChI is InChI=1S/C21H20FN3O3S/c22-16-8-10-17(11-9-16)29(27,28)25-13-3-4-15(14-25)21(26)24-20-7-1-6-19-18(20)5-2-12-23-19/h1-2,5-12,15H,3-4,13-14H2,(H,24,26)/t15-/m1/s1. The number of piperidine rings is 1. The maximum atomic E-state index is 13.1. The molecule has 1 amide bonds. The van der Waals surface area contributed by atoms with Gasteiger partial charge in [0, 0.05) is 24.7 Å². The van der Waals surface area contributed by atoms with Crippen LogP contribution < -0.4 is 5.32 Å². The minimum absolute atomic E-state index is 0.0279. The fourth-order valence-corrected chi connectivity index (χ4v) is 5.10. The summed E-state index contributed by atoms with van der Waals surface area (Å²) in [5.74, 6) is -1.18. The number of hydrogen-bond donors (Lipinski definition) is 1. The van der Waals surface area contributed by atoms with Crippen LogP contribution in [0.3, 0.4) is 0 Å². The Morgan fingerprint density at radius 3 is 2.69 bits per heavy atom. The van der Waals surface area contributed by atoms with Crippen molar-refractivity contribution in [1.29, 1.82) is 0 Å². The number of carbonyl (C=O) groups excluding carboxylic acids is 1. The van der Waals surface area contributed by atoms with Crippen LogP contribution in [0.5, 0.6) is 0 Å². The van der Waals surface area contributed by atoms with Crippen LogP contribution in [0.15, 0.2) is 65.7 Å². The third kappa shape index (κ3) is 3.99. The average Bonchev–Trinajstić information content (AvgIpc) is 2.74.